The van der Waals surface area contributed by atoms with E-state index in [1.54, 1.807) is 5.57 Å². The Morgan fingerprint density at radius 3 is 2.22 bits per heavy atom. The Morgan fingerprint density at radius 2 is 1.70 bits per heavy atom. The minimum Gasteiger partial charge on any atom is -0.375 e. The smallest absolute Gasteiger partial charge is 0.0180 e. The molecule has 1 aliphatic heterocycles. The fourth-order valence-corrected chi connectivity index (χ4v) is 3.59. The van der Waals surface area contributed by atoms with Crippen molar-refractivity contribution in [2.75, 3.05) is 13.1 Å². The molecule has 23 heavy (non-hydrogen) atoms. The summed E-state index contributed by atoms with van der Waals surface area (Å²) >= 11 is 0. The summed E-state index contributed by atoms with van der Waals surface area (Å²) in [5.74, 6) is 1.39. The van der Waals surface area contributed by atoms with Gasteiger partial charge in [-0.1, -0.05) is 69.7 Å². The molecular weight excluding hydrogens is 278 g/mol. The highest BCUT2D eigenvalue weighted by Gasteiger charge is 2.21. The minimum atomic E-state index is 0.651. The molecule has 1 aromatic rings. The first-order chi connectivity index (χ1) is 11.2. The zero-order valence-corrected chi connectivity index (χ0v) is 15.4. The van der Waals surface area contributed by atoms with Gasteiger partial charge < -0.3 is 4.90 Å². The van der Waals surface area contributed by atoms with Crippen LogP contribution >= 0.6 is 0 Å². The van der Waals surface area contributed by atoms with Crippen LogP contribution in [0.25, 0.3) is 0 Å². The van der Waals surface area contributed by atoms with Crippen LogP contribution in [0, 0.1) is 5.92 Å². The Hall–Kier alpha value is -1.50. The number of allylic oxidation sites excluding steroid dienone is 4. The van der Waals surface area contributed by atoms with Crippen molar-refractivity contribution in [3.8, 4) is 0 Å². The Labute approximate surface area is 143 Å². The van der Waals surface area contributed by atoms with Gasteiger partial charge in [-0.2, -0.15) is 0 Å². The summed E-state index contributed by atoms with van der Waals surface area (Å²) in [6, 6.07) is 11.0. The first kappa shape index (κ1) is 17.8. The molecule has 0 atom stereocenters. The summed E-state index contributed by atoms with van der Waals surface area (Å²) in [6.07, 6.45) is 9.57. The van der Waals surface area contributed by atoms with E-state index in [9.17, 15) is 0 Å². The van der Waals surface area contributed by atoms with Gasteiger partial charge >= 0.3 is 0 Å². The molecule has 1 aliphatic rings. The molecule has 1 nitrogen and oxygen atoms in total. The van der Waals surface area contributed by atoms with Gasteiger partial charge in [-0.15, -0.1) is 0 Å². The second kappa shape index (κ2) is 8.96. The lowest BCUT2D eigenvalue weighted by Gasteiger charge is -2.35. The van der Waals surface area contributed by atoms with Crippen molar-refractivity contribution in [1.29, 1.82) is 0 Å². The third-order valence-electron chi connectivity index (χ3n) is 5.17. The number of benzene rings is 1. The summed E-state index contributed by atoms with van der Waals surface area (Å²) in [5.41, 5.74) is 4.57. The molecule has 0 aliphatic carbocycles. The molecular formula is C22H33N. The predicted molar refractivity (Wildman–Crippen MR) is 102 cm³/mol. The Morgan fingerprint density at radius 1 is 1.04 bits per heavy atom. The van der Waals surface area contributed by atoms with Crippen molar-refractivity contribution in [2.45, 2.75) is 59.3 Å². The second-order valence-corrected chi connectivity index (χ2v) is 6.93. The van der Waals surface area contributed by atoms with Crippen LogP contribution in [-0.4, -0.2) is 18.0 Å². The molecule has 0 saturated carbocycles. The average Bonchev–Trinajstić information content (AvgIpc) is 2.59. The van der Waals surface area contributed by atoms with Gasteiger partial charge in [0.25, 0.3) is 0 Å². The Balaban J connectivity index is 1.99. The van der Waals surface area contributed by atoms with Crippen LogP contribution in [0.3, 0.4) is 0 Å². The van der Waals surface area contributed by atoms with Crippen molar-refractivity contribution < 1.29 is 0 Å². The molecule has 0 radical (unpaired) electrons. The van der Waals surface area contributed by atoms with Gasteiger partial charge in [-0.3, -0.25) is 0 Å². The second-order valence-electron chi connectivity index (χ2n) is 6.93. The van der Waals surface area contributed by atoms with E-state index in [1.807, 2.05) is 0 Å². The van der Waals surface area contributed by atoms with Crippen molar-refractivity contribution in [2.24, 2.45) is 5.92 Å². The van der Waals surface area contributed by atoms with E-state index in [0.29, 0.717) is 5.92 Å². The third kappa shape index (κ3) is 4.99. The summed E-state index contributed by atoms with van der Waals surface area (Å²) in [7, 11) is 0. The molecule has 2 rings (SSSR count). The van der Waals surface area contributed by atoms with Crippen molar-refractivity contribution in [1.82, 2.24) is 4.90 Å². The largest absolute Gasteiger partial charge is 0.375 e. The van der Waals surface area contributed by atoms with Crippen LogP contribution in [0.4, 0.5) is 0 Å². The van der Waals surface area contributed by atoms with Crippen LogP contribution in [0.1, 0.15) is 64.9 Å². The molecule has 1 heteroatoms. The maximum Gasteiger partial charge on any atom is 0.0180 e. The van der Waals surface area contributed by atoms with Gasteiger partial charge in [0.2, 0.25) is 0 Å². The number of piperidine rings is 1. The summed E-state index contributed by atoms with van der Waals surface area (Å²) in [6.45, 7) is 11.5. The first-order valence-corrected chi connectivity index (χ1v) is 9.35. The van der Waals surface area contributed by atoms with E-state index in [4.69, 9.17) is 0 Å². The fraction of sp³-hybridized carbons (Fsp3) is 0.545. The first-order valence-electron chi connectivity index (χ1n) is 9.35. The predicted octanol–water partition coefficient (Wildman–Crippen LogP) is 6.15. The van der Waals surface area contributed by atoms with E-state index in [1.165, 1.54) is 37.2 Å². The summed E-state index contributed by atoms with van der Waals surface area (Å²) < 4.78 is 0. The highest BCUT2D eigenvalue weighted by Crippen LogP contribution is 2.30. The number of rotatable bonds is 6. The van der Waals surface area contributed by atoms with Crippen LogP contribution in [-0.2, 0) is 0 Å². The standard InChI is InChI=1S/C22H33N/c1-5-19(18(3)4)12-13-22(6-2)23-16-14-21(15-17-23)20-10-8-7-9-11-20/h7-13,18,21H,5-6,14-17H2,1-4H3/b19-12+,22-13+. The lowest BCUT2D eigenvalue weighted by atomic mass is 9.89. The van der Waals surface area contributed by atoms with Crippen LogP contribution in [0.2, 0.25) is 0 Å². The van der Waals surface area contributed by atoms with Gasteiger partial charge in [0.05, 0.1) is 0 Å². The van der Waals surface area contributed by atoms with E-state index in [-0.39, 0.29) is 0 Å². The van der Waals surface area contributed by atoms with Crippen molar-refractivity contribution >= 4 is 0 Å². The van der Waals surface area contributed by atoms with Crippen LogP contribution in [0.15, 0.2) is 53.8 Å². The number of likely N-dealkylation sites (tertiary alicyclic amines) is 1. The molecule has 1 saturated heterocycles. The molecule has 1 aromatic carbocycles. The molecule has 1 fully saturated rings. The minimum absolute atomic E-state index is 0.651. The van der Waals surface area contributed by atoms with Gasteiger partial charge in [-0.25, -0.2) is 0 Å². The third-order valence-corrected chi connectivity index (χ3v) is 5.17. The monoisotopic (exact) mass is 311 g/mol. The lowest BCUT2D eigenvalue weighted by Crippen LogP contribution is -2.32. The SMILES string of the molecule is CC/C(=C\C=C(/CC)N1CCC(c2ccccc2)CC1)C(C)C. The van der Waals surface area contributed by atoms with Crippen molar-refractivity contribution in [3.63, 3.8) is 0 Å². The Bertz CT molecular complexity index is 516. The molecule has 0 N–H and O–H groups in total. The van der Waals surface area contributed by atoms with E-state index in [2.05, 4.69) is 75.1 Å². The average molecular weight is 312 g/mol. The van der Waals surface area contributed by atoms with Gasteiger partial charge in [0.15, 0.2) is 0 Å². The number of hydrogen-bond acceptors (Lipinski definition) is 1. The topological polar surface area (TPSA) is 3.24 Å². The lowest BCUT2D eigenvalue weighted by molar-refractivity contribution is 0.257. The highest BCUT2D eigenvalue weighted by molar-refractivity contribution is 5.22. The molecule has 1 heterocycles. The maximum absolute atomic E-state index is 2.60. The van der Waals surface area contributed by atoms with Gasteiger partial charge in [0.1, 0.15) is 0 Å². The molecule has 126 valence electrons. The molecule has 0 unspecified atom stereocenters. The zero-order chi connectivity index (χ0) is 16.7. The zero-order valence-electron chi connectivity index (χ0n) is 15.4. The number of hydrogen-bond donors (Lipinski definition) is 0. The van der Waals surface area contributed by atoms with Crippen LogP contribution < -0.4 is 0 Å². The molecule has 0 spiro atoms. The molecule has 0 amide bonds. The molecule has 0 aromatic heterocycles. The fourth-order valence-electron chi connectivity index (χ4n) is 3.59. The number of nitrogens with zero attached hydrogens (tertiary/aromatic N) is 1. The Kier molecular flexibility index (Phi) is 6.95. The van der Waals surface area contributed by atoms with E-state index >= 15 is 0 Å². The van der Waals surface area contributed by atoms with Crippen molar-refractivity contribution in [3.05, 3.63) is 59.3 Å². The maximum atomic E-state index is 2.60. The van der Waals surface area contributed by atoms with E-state index < -0.39 is 0 Å². The van der Waals surface area contributed by atoms with Gasteiger partial charge in [0, 0.05) is 18.8 Å². The van der Waals surface area contributed by atoms with Gasteiger partial charge in [-0.05, 0) is 49.2 Å². The highest BCUT2D eigenvalue weighted by atomic mass is 15.1. The normalized spacial score (nSPS) is 17.9. The quantitative estimate of drug-likeness (QED) is 0.569. The summed E-state index contributed by atoms with van der Waals surface area (Å²) in [5, 5.41) is 0. The molecule has 0 bridgehead atoms. The summed E-state index contributed by atoms with van der Waals surface area (Å²) in [4.78, 5) is 2.60. The van der Waals surface area contributed by atoms with E-state index in [0.717, 1.165) is 18.8 Å². The van der Waals surface area contributed by atoms with Crippen LogP contribution in [0.5, 0.6) is 0 Å².